The Morgan fingerprint density at radius 1 is 1.04 bits per heavy atom. The molecule has 3 aromatic rings. The largest absolute Gasteiger partial charge is 0.324 e. The van der Waals surface area contributed by atoms with Crippen molar-refractivity contribution < 1.29 is 17.6 Å². The molecule has 4 nitrogen and oxygen atoms in total. The van der Waals surface area contributed by atoms with Crippen LogP contribution in [0.2, 0.25) is 0 Å². The summed E-state index contributed by atoms with van der Waals surface area (Å²) in [7, 11) is -3.77. The second-order valence-electron chi connectivity index (χ2n) is 5.98. The second-order valence-corrected chi connectivity index (χ2v) is 8.81. The number of anilines is 1. The Hall–Kier alpha value is -2.51. The van der Waals surface area contributed by atoms with Crippen LogP contribution in [-0.2, 0) is 14.6 Å². The maximum atomic E-state index is 14.3. The maximum Gasteiger partial charge on any atom is 0.225 e. The third-order valence-corrected chi connectivity index (χ3v) is 7.42. The van der Waals surface area contributed by atoms with Crippen LogP contribution in [-0.4, -0.2) is 14.3 Å². The van der Waals surface area contributed by atoms with Gasteiger partial charge in [0.25, 0.3) is 0 Å². The summed E-state index contributed by atoms with van der Waals surface area (Å²) in [5, 5.41) is 4.19. The van der Waals surface area contributed by atoms with Gasteiger partial charge in [0.1, 0.15) is 10.7 Å². The summed E-state index contributed by atoms with van der Waals surface area (Å²) in [6.07, 6.45) is 0.0826. The molecule has 0 bridgehead atoms. The van der Waals surface area contributed by atoms with E-state index in [0.29, 0.717) is 10.4 Å². The van der Waals surface area contributed by atoms with Crippen LogP contribution >= 0.6 is 11.3 Å². The number of hydrogen-bond acceptors (Lipinski definition) is 4. The van der Waals surface area contributed by atoms with Crippen molar-refractivity contribution >= 4 is 32.8 Å². The summed E-state index contributed by atoms with van der Waals surface area (Å²) in [5.41, 5.74) is 0.664. The van der Waals surface area contributed by atoms with Gasteiger partial charge in [-0.3, -0.25) is 4.79 Å². The van der Waals surface area contributed by atoms with E-state index in [1.165, 1.54) is 34.9 Å². The van der Waals surface area contributed by atoms with Crippen molar-refractivity contribution in [2.75, 3.05) is 5.32 Å². The van der Waals surface area contributed by atoms with Gasteiger partial charge in [0.2, 0.25) is 15.7 Å². The molecule has 4 rings (SSSR count). The van der Waals surface area contributed by atoms with Crippen LogP contribution in [0.25, 0.3) is 0 Å². The van der Waals surface area contributed by atoms with Crippen molar-refractivity contribution in [3.05, 3.63) is 76.2 Å². The molecule has 1 aliphatic heterocycles. The quantitative estimate of drug-likeness (QED) is 0.733. The number of rotatable bonds is 3. The van der Waals surface area contributed by atoms with Gasteiger partial charge in [0.05, 0.1) is 10.6 Å². The molecule has 1 aromatic heterocycles. The summed E-state index contributed by atoms with van der Waals surface area (Å²) in [5.74, 6) is -1.22. The van der Waals surface area contributed by atoms with Crippen molar-refractivity contribution in [3.63, 3.8) is 0 Å². The molecule has 0 aliphatic carbocycles. The normalized spacial score (nSPS) is 16.8. The van der Waals surface area contributed by atoms with Crippen molar-refractivity contribution in [1.29, 1.82) is 0 Å². The van der Waals surface area contributed by atoms with E-state index in [2.05, 4.69) is 5.32 Å². The van der Waals surface area contributed by atoms with Gasteiger partial charge in [-0.15, -0.1) is 11.3 Å². The van der Waals surface area contributed by atoms with E-state index in [4.69, 9.17) is 0 Å². The molecule has 7 heteroatoms. The summed E-state index contributed by atoms with van der Waals surface area (Å²) >= 11 is 1.23. The smallest absolute Gasteiger partial charge is 0.225 e. The van der Waals surface area contributed by atoms with Crippen LogP contribution in [0.1, 0.15) is 22.8 Å². The molecule has 0 saturated carbocycles. The van der Waals surface area contributed by atoms with Crippen LogP contribution in [0.15, 0.2) is 69.8 Å². The number of sulfone groups is 1. The molecule has 2 heterocycles. The maximum absolute atomic E-state index is 14.3. The van der Waals surface area contributed by atoms with Crippen LogP contribution < -0.4 is 5.32 Å². The zero-order valence-electron chi connectivity index (χ0n) is 13.5. The van der Waals surface area contributed by atoms with Crippen LogP contribution in [0.3, 0.4) is 0 Å². The first-order chi connectivity index (χ1) is 12.5. The van der Waals surface area contributed by atoms with E-state index in [1.807, 2.05) is 0 Å². The second kappa shape index (κ2) is 6.34. The molecule has 0 radical (unpaired) electrons. The SMILES string of the molecule is O=C1C[C@@H](c2ccccc2F)c2scc(S(=O)(=O)c3ccccc3)c2N1. The molecule has 1 amide bonds. The zero-order valence-corrected chi connectivity index (χ0v) is 15.1. The number of nitrogens with one attached hydrogen (secondary N) is 1. The van der Waals surface area contributed by atoms with E-state index < -0.39 is 21.6 Å². The molecule has 0 spiro atoms. The number of hydrogen-bond donors (Lipinski definition) is 1. The molecule has 1 aliphatic rings. The highest BCUT2D eigenvalue weighted by atomic mass is 32.2. The standard InChI is InChI=1S/C19H14FNO3S2/c20-15-9-5-4-8-13(15)14-10-17(22)21-18-16(11-25-19(14)18)26(23,24)12-6-2-1-3-7-12/h1-9,11,14H,10H2,(H,21,22)/t14-/m0/s1. The average molecular weight is 387 g/mol. The minimum absolute atomic E-state index is 0.0538. The fraction of sp³-hybridized carbons (Fsp3) is 0.105. The Labute approximate surface area is 154 Å². The number of halogens is 1. The highest BCUT2D eigenvalue weighted by Gasteiger charge is 2.35. The monoisotopic (exact) mass is 387 g/mol. The lowest BCUT2D eigenvalue weighted by molar-refractivity contribution is -0.116. The number of thiophene rings is 1. The van der Waals surface area contributed by atoms with Crippen LogP contribution in [0.4, 0.5) is 10.1 Å². The number of carbonyl (C=O) groups excluding carboxylic acids is 1. The predicted molar refractivity (Wildman–Crippen MR) is 97.7 cm³/mol. The molecule has 132 valence electrons. The summed E-state index contributed by atoms with van der Waals surface area (Å²) in [6, 6.07) is 14.3. The Kier molecular flexibility index (Phi) is 4.13. The Balaban J connectivity index is 1.86. The Morgan fingerprint density at radius 3 is 2.46 bits per heavy atom. The first-order valence-corrected chi connectivity index (χ1v) is 10.3. The lowest BCUT2D eigenvalue weighted by Crippen LogP contribution is -2.24. The first-order valence-electron chi connectivity index (χ1n) is 7.94. The Morgan fingerprint density at radius 2 is 1.73 bits per heavy atom. The van der Waals surface area contributed by atoms with Gasteiger partial charge in [-0.05, 0) is 23.8 Å². The first kappa shape index (κ1) is 16.9. The van der Waals surface area contributed by atoms with Crippen molar-refractivity contribution in [2.24, 2.45) is 0 Å². The Bertz CT molecular complexity index is 1090. The topological polar surface area (TPSA) is 63.2 Å². The predicted octanol–water partition coefficient (Wildman–Crippen LogP) is 4.19. The molecule has 1 N–H and O–H groups in total. The van der Waals surface area contributed by atoms with Gasteiger partial charge in [-0.1, -0.05) is 36.4 Å². The van der Waals surface area contributed by atoms with E-state index in [1.54, 1.807) is 36.4 Å². The molecule has 0 saturated heterocycles. The van der Waals surface area contributed by atoms with Crippen molar-refractivity contribution in [2.45, 2.75) is 22.1 Å². The van der Waals surface area contributed by atoms with E-state index in [9.17, 15) is 17.6 Å². The van der Waals surface area contributed by atoms with Crippen LogP contribution in [0.5, 0.6) is 0 Å². The number of benzene rings is 2. The van der Waals surface area contributed by atoms with Gasteiger partial charge in [0.15, 0.2) is 0 Å². The fourth-order valence-electron chi connectivity index (χ4n) is 3.14. The van der Waals surface area contributed by atoms with Gasteiger partial charge in [-0.25, -0.2) is 12.8 Å². The van der Waals surface area contributed by atoms with Gasteiger partial charge >= 0.3 is 0 Å². The molecular formula is C19H14FNO3S2. The van der Waals surface area contributed by atoms with E-state index >= 15 is 0 Å². The summed E-state index contributed by atoms with van der Waals surface area (Å²) < 4.78 is 40.2. The number of carbonyl (C=O) groups is 1. The fourth-order valence-corrected chi connectivity index (χ4v) is 6.06. The molecule has 0 unspecified atom stereocenters. The molecule has 2 aromatic carbocycles. The van der Waals surface area contributed by atoms with E-state index in [0.717, 1.165) is 0 Å². The summed E-state index contributed by atoms with van der Waals surface area (Å²) in [6.45, 7) is 0. The number of amides is 1. The summed E-state index contributed by atoms with van der Waals surface area (Å²) in [4.78, 5) is 13.1. The van der Waals surface area contributed by atoms with E-state index in [-0.39, 0.29) is 27.8 Å². The van der Waals surface area contributed by atoms with Crippen molar-refractivity contribution in [3.8, 4) is 0 Å². The zero-order chi connectivity index (χ0) is 18.3. The van der Waals surface area contributed by atoms with Crippen molar-refractivity contribution in [1.82, 2.24) is 0 Å². The highest BCUT2D eigenvalue weighted by molar-refractivity contribution is 7.91. The minimum Gasteiger partial charge on any atom is -0.324 e. The minimum atomic E-state index is -3.77. The molecule has 0 fully saturated rings. The molecule has 1 atom stereocenters. The number of fused-ring (bicyclic) bond motifs is 1. The van der Waals surface area contributed by atoms with Gasteiger partial charge < -0.3 is 5.32 Å². The molecular weight excluding hydrogens is 373 g/mol. The lowest BCUT2D eigenvalue weighted by atomic mass is 9.90. The lowest BCUT2D eigenvalue weighted by Gasteiger charge is -2.24. The van der Waals surface area contributed by atoms with Gasteiger partial charge in [0, 0.05) is 22.6 Å². The third-order valence-electron chi connectivity index (χ3n) is 4.38. The van der Waals surface area contributed by atoms with Crippen LogP contribution in [0, 0.1) is 5.82 Å². The average Bonchev–Trinajstić information content (AvgIpc) is 3.07. The highest BCUT2D eigenvalue weighted by Crippen LogP contribution is 2.46. The third kappa shape index (κ3) is 2.73. The molecule has 26 heavy (non-hydrogen) atoms. The van der Waals surface area contributed by atoms with Gasteiger partial charge in [-0.2, -0.15) is 0 Å².